The highest BCUT2D eigenvalue weighted by atomic mass is 32.1. The Balaban J connectivity index is 1.04. The molecule has 10 nitrogen and oxygen atoms in total. The van der Waals surface area contributed by atoms with Crippen molar-refractivity contribution in [3.63, 3.8) is 0 Å². The van der Waals surface area contributed by atoms with Crippen molar-refractivity contribution < 1.29 is 23.2 Å². The first kappa shape index (κ1) is 28.9. The van der Waals surface area contributed by atoms with Crippen LogP contribution in [0.15, 0.2) is 64.5 Å². The molecular weight excluding hydrogens is 559 g/mol. The fourth-order valence-electron chi connectivity index (χ4n) is 4.62. The van der Waals surface area contributed by atoms with Crippen LogP contribution in [0.25, 0.3) is 22.8 Å². The summed E-state index contributed by atoms with van der Waals surface area (Å²) in [5.41, 5.74) is 1.22. The molecule has 1 aliphatic rings. The zero-order valence-electron chi connectivity index (χ0n) is 23.0. The molecule has 0 spiro atoms. The van der Waals surface area contributed by atoms with Gasteiger partial charge in [-0.1, -0.05) is 17.3 Å². The van der Waals surface area contributed by atoms with Gasteiger partial charge in [0.05, 0.1) is 28.7 Å². The van der Waals surface area contributed by atoms with Crippen molar-refractivity contribution in [1.29, 1.82) is 5.26 Å². The molecule has 0 unspecified atom stereocenters. The van der Waals surface area contributed by atoms with Crippen molar-refractivity contribution in [2.24, 2.45) is 0 Å². The molecule has 1 fully saturated rings. The second-order valence-corrected chi connectivity index (χ2v) is 10.7. The Morgan fingerprint density at radius 3 is 2.74 bits per heavy atom. The van der Waals surface area contributed by atoms with Crippen molar-refractivity contribution >= 4 is 23.2 Å². The Morgan fingerprint density at radius 2 is 2.00 bits per heavy atom. The summed E-state index contributed by atoms with van der Waals surface area (Å²) in [4.78, 5) is 33.9. The number of thiophene rings is 1. The van der Waals surface area contributed by atoms with Crippen LogP contribution in [0, 0.1) is 17.1 Å². The predicted octanol–water partition coefficient (Wildman–Crippen LogP) is 4.21. The average Bonchev–Trinajstić information content (AvgIpc) is 3.73. The second kappa shape index (κ2) is 13.4. The van der Waals surface area contributed by atoms with Crippen LogP contribution in [-0.4, -0.2) is 77.1 Å². The zero-order chi connectivity index (χ0) is 29.5. The van der Waals surface area contributed by atoms with E-state index in [1.165, 1.54) is 17.4 Å². The van der Waals surface area contributed by atoms with Crippen LogP contribution in [0.1, 0.15) is 28.6 Å². The third kappa shape index (κ3) is 6.99. The first-order valence-corrected chi connectivity index (χ1v) is 14.4. The Bertz CT molecular complexity index is 1580. The summed E-state index contributed by atoms with van der Waals surface area (Å²) in [6.07, 6.45) is 0.737. The maximum Gasteiger partial charge on any atom is 0.261 e. The fraction of sp³-hybridized carbons (Fsp3) is 0.300. The quantitative estimate of drug-likeness (QED) is 0.273. The van der Waals surface area contributed by atoms with Gasteiger partial charge in [0.15, 0.2) is 0 Å². The van der Waals surface area contributed by atoms with Crippen molar-refractivity contribution in [3.8, 4) is 34.7 Å². The van der Waals surface area contributed by atoms with Crippen LogP contribution in [0.3, 0.4) is 0 Å². The summed E-state index contributed by atoms with van der Waals surface area (Å²) in [6.45, 7) is 5.54. The van der Waals surface area contributed by atoms with Gasteiger partial charge < -0.3 is 19.5 Å². The topological polar surface area (TPSA) is 125 Å². The third-order valence-corrected chi connectivity index (χ3v) is 7.75. The normalized spacial score (nSPS) is 14.3. The first-order valence-electron chi connectivity index (χ1n) is 13.5. The van der Waals surface area contributed by atoms with Gasteiger partial charge in [-0.05, 0) is 55.1 Å². The Labute approximate surface area is 246 Å². The van der Waals surface area contributed by atoms with E-state index in [9.17, 15) is 14.0 Å². The summed E-state index contributed by atoms with van der Waals surface area (Å²) in [5.74, 6) is -0.153. The highest BCUT2D eigenvalue weighted by Gasteiger charge is 2.26. The Morgan fingerprint density at radius 1 is 1.17 bits per heavy atom. The number of amides is 2. The molecule has 0 aliphatic carbocycles. The molecule has 1 saturated heterocycles. The van der Waals surface area contributed by atoms with Crippen molar-refractivity contribution in [2.45, 2.75) is 19.4 Å². The molecular formula is C30H29FN6O4S. The lowest BCUT2D eigenvalue weighted by Crippen LogP contribution is -2.54. The third-order valence-electron chi connectivity index (χ3n) is 6.88. The average molecular weight is 589 g/mol. The number of rotatable bonds is 10. The molecule has 1 atom stereocenters. The van der Waals surface area contributed by atoms with E-state index in [0.29, 0.717) is 41.4 Å². The van der Waals surface area contributed by atoms with Gasteiger partial charge in [-0.25, -0.2) is 4.39 Å². The largest absolute Gasteiger partial charge is 0.493 e. The molecule has 0 radical (unpaired) electrons. The molecule has 216 valence electrons. The van der Waals surface area contributed by atoms with Gasteiger partial charge in [0.25, 0.3) is 11.8 Å². The summed E-state index contributed by atoms with van der Waals surface area (Å²) in [5, 5.41) is 17.6. The van der Waals surface area contributed by atoms with E-state index >= 15 is 0 Å². The van der Waals surface area contributed by atoms with Crippen LogP contribution in [0.2, 0.25) is 0 Å². The number of hydrogen-bond acceptors (Lipinski definition) is 9. The van der Waals surface area contributed by atoms with Gasteiger partial charge in [0, 0.05) is 44.4 Å². The number of carbonyl (C=O) groups is 2. The number of nitrogens with one attached hydrogen (secondary N) is 1. The first-order chi connectivity index (χ1) is 20.4. The maximum atomic E-state index is 14.9. The predicted molar refractivity (Wildman–Crippen MR) is 154 cm³/mol. The molecule has 2 amide bonds. The number of benzene rings is 2. The van der Waals surface area contributed by atoms with E-state index in [-0.39, 0.29) is 29.1 Å². The van der Waals surface area contributed by atoms with E-state index in [0.717, 1.165) is 26.1 Å². The maximum absolute atomic E-state index is 14.9. The van der Waals surface area contributed by atoms with Gasteiger partial charge in [0.2, 0.25) is 11.7 Å². The molecule has 1 aliphatic heterocycles. The lowest BCUT2D eigenvalue weighted by atomic mass is 10.1. The molecule has 2 aromatic heterocycles. The van der Waals surface area contributed by atoms with Gasteiger partial charge in [-0.3, -0.25) is 14.5 Å². The Kier molecular flexibility index (Phi) is 9.21. The second-order valence-electron chi connectivity index (χ2n) is 9.80. The van der Waals surface area contributed by atoms with Crippen molar-refractivity contribution in [1.82, 2.24) is 25.3 Å². The minimum Gasteiger partial charge on any atom is -0.493 e. The zero-order valence-corrected chi connectivity index (χ0v) is 23.8. The number of ether oxygens (including phenoxy) is 1. The van der Waals surface area contributed by atoms with E-state index in [2.05, 4.69) is 26.4 Å². The van der Waals surface area contributed by atoms with Gasteiger partial charge in [0.1, 0.15) is 17.6 Å². The number of nitrogens with zero attached hydrogens (tertiary/aromatic N) is 5. The standard InChI is InChI=1S/C30H29FN6O4S/c1-20(33-28(38)26-7-3-16-42-26)30(39)37-13-11-36(12-14-37)10-4-15-40-23-8-9-24(25(31)18-23)27-34-29(41-35-27)22-6-2-5-21(17-22)19-32/h2-3,5-9,16-18,20H,4,10-15H2,1H3,(H,33,38)/t20-/m1/s1. The summed E-state index contributed by atoms with van der Waals surface area (Å²) >= 11 is 1.34. The fourth-order valence-corrected chi connectivity index (χ4v) is 5.25. The summed E-state index contributed by atoms with van der Waals surface area (Å²) < 4.78 is 25.9. The molecule has 4 aromatic rings. The molecule has 2 aromatic carbocycles. The molecule has 5 rings (SSSR count). The molecule has 1 N–H and O–H groups in total. The van der Waals surface area contributed by atoms with Crippen LogP contribution in [0.5, 0.6) is 5.75 Å². The molecule has 0 bridgehead atoms. The summed E-state index contributed by atoms with van der Waals surface area (Å²) in [7, 11) is 0. The number of hydrogen-bond donors (Lipinski definition) is 1. The molecule has 42 heavy (non-hydrogen) atoms. The minimum atomic E-state index is -0.588. The van der Waals surface area contributed by atoms with Gasteiger partial charge >= 0.3 is 0 Å². The van der Waals surface area contributed by atoms with E-state index in [1.54, 1.807) is 60.4 Å². The minimum absolute atomic E-state index is 0.0846. The molecule has 12 heteroatoms. The van der Waals surface area contributed by atoms with Crippen LogP contribution < -0.4 is 10.1 Å². The van der Waals surface area contributed by atoms with Crippen LogP contribution in [-0.2, 0) is 4.79 Å². The number of nitriles is 1. The van der Waals surface area contributed by atoms with Gasteiger partial charge in [-0.2, -0.15) is 10.2 Å². The number of halogens is 1. The van der Waals surface area contributed by atoms with Crippen molar-refractivity contribution in [3.05, 3.63) is 76.2 Å². The Hall–Kier alpha value is -4.60. The molecule has 3 heterocycles. The number of carbonyl (C=O) groups excluding carboxylic acids is 2. The highest BCUT2D eigenvalue weighted by Crippen LogP contribution is 2.27. The smallest absolute Gasteiger partial charge is 0.261 e. The number of piperazine rings is 1. The van der Waals surface area contributed by atoms with E-state index < -0.39 is 11.9 Å². The van der Waals surface area contributed by atoms with E-state index in [4.69, 9.17) is 14.5 Å². The van der Waals surface area contributed by atoms with Crippen LogP contribution >= 0.6 is 11.3 Å². The highest BCUT2D eigenvalue weighted by molar-refractivity contribution is 7.12. The van der Waals surface area contributed by atoms with Crippen molar-refractivity contribution in [2.75, 3.05) is 39.3 Å². The summed E-state index contributed by atoms with van der Waals surface area (Å²) in [6, 6.07) is 16.2. The molecule has 0 saturated carbocycles. The van der Waals surface area contributed by atoms with E-state index in [1.807, 2.05) is 5.38 Å². The van der Waals surface area contributed by atoms with Gasteiger partial charge in [-0.15, -0.1) is 11.3 Å². The van der Waals surface area contributed by atoms with Crippen LogP contribution in [0.4, 0.5) is 4.39 Å². The lowest BCUT2D eigenvalue weighted by molar-refractivity contribution is -0.134. The lowest BCUT2D eigenvalue weighted by Gasteiger charge is -2.36. The monoisotopic (exact) mass is 588 g/mol. The number of aromatic nitrogens is 2. The SMILES string of the molecule is C[C@@H](NC(=O)c1cccs1)C(=O)N1CCN(CCCOc2ccc(-c3noc(-c4cccc(C#N)c4)n3)c(F)c2)CC1.